The van der Waals surface area contributed by atoms with E-state index >= 15 is 0 Å². The number of esters is 1. The van der Waals surface area contributed by atoms with Gasteiger partial charge in [-0.25, -0.2) is 0 Å². The third kappa shape index (κ3) is 3.82. The van der Waals surface area contributed by atoms with Crippen LogP contribution in [0.1, 0.15) is 11.1 Å². The van der Waals surface area contributed by atoms with E-state index in [4.69, 9.17) is 4.74 Å². The number of hydrogen-bond acceptors (Lipinski definition) is 3. The van der Waals surface area contributed by atoms with Gasteiger partial charge in [-0.3, -0.25) is 9.59 Å². The Morgan fingerprint density at radius 1 is 1.15 bits per heavy atom. The summed E-state index contributed by atoms with van der Waals surface area (Å²) in [6.45, 7) is 2.00. The Morgan fingerprint density at radius 2 is 1.90 bits per heavy atom. The number of carbonyl (C=O) groups is 1. The zero-order chi connectivity index (χ0) is 14.4. The van der Waals surface area contributed by atoms with Crippen molar-refractivity contribution in [1.29, 1.82) is 0 Å². The van der Waals surface area contributed by atoms with E-state index in [9.17, 15) is 9.59 Å². The number of aromatic nitrogens is 1. The summed E-state index contributed by atoms with van der Waals surface area (Å²) in [7, 11) is 0. The topological polar surface area (TPSA) is 48.3 Å². The summed E-state index contributed by atoms with van der Waals surface area (Å²) in [4.78, 5) is 23.4. The molecule has 2 rings (SSSR count). The first-order chi connectivity index (χ1) is 9.66. The average Bonchev–Trinajstić information content (AvgIpc) is 2.45. The van der Waals surface area contributed by atoms with Crippen molar-refractivity contribution in [2.24, 2.45) is 0 Å². The minimum absolute atomic E-state index is 0.0463. The van der Waals surface area contributed by atoms with Crippen LogP contribution < -0.4 is 5.56 Å². The maximum atomic E-state index is 11.8. The zero-order valence-corrected chi connectivity index (χ0v) is 11.4. The fourth-order valence-electron chi connectivity index (χ4n) is 1.89. The lowest BCUT2D eigenvalue weighted by molar-refractivity contribution is -0.144. The summed E-state index contributed by atoms with van der Waals surface area (Å²) in [6.07, 6.45) is 2.27. The lowest BCUT2D eigenvalue weighted by atomic mass is 10.2. The third-order valence-electron chi connectivity index (χ3n) is 3.01. The Kier molecular flexibility index (Phi) is 4.71. The summed E-state index contributed by atoms with van der Waals surface area (Å²) in [5.41, 5.74) is 1.57. The van der Waals surface area contributed by atoms with Crippen molar-refractivity contribution in [2.75, 3.05) is 6.61 Å². The van der Waals surface area contributed by atoms with E-state index in [-0.39, 0.29) is 12.1 Å². The molecule has 0 fully saturated rings. The molecule has 0 aliphatic rings. The number of hydrogen-bond donors (Lipinski definition) is 0. The van der Waals surface area contributed by atoms with Crippen molar-refractivity contribution in [1.82, 2.24) is 4.57 Å². The van der Waals surface area contributed by atoms with Gasteiger partial charge in [0.15, 0.2) is 0 Å². The molecule has 1 aromatic carbocycles. The Bertz CT molecular complexity index is 632. The van der Waals surface area contributed by atoms with Gasteiger partial charge >= 0.3 is 5.97 Å². The summed E-state index contributed by atoms with van der Waals surface area (Å²) in [5.74, 6) is -0.395. The predicted octanol–water partition coefficient (Wildman–Crippen LogP) is 1.94. The van der Waals surface area contributed by atoms with E-state index in [1.807, 2.05) is 30.3 Å². The first kappa shape index (κ1) is 14.1. The highest BCUT2D eigenvalue weighted by Crippen LogP contribution is 2.00. The van der Waals surface area contributed by atoms with Gasteiger partial charge in [0.25, 0.3) is 5.56 Å². The summed E-state index contributed by atoms with van der Waals surface area (Å²) in [5, 5.41) is 0. The fourth-order valence-corrected chi connectivity index (χ4v) is 1.89. The van der Waals surface area contributed by atoms with Crippen molar-refractivity contribution in [3.63, 3.8) is 0 Å². The monoisotopic (exact) mass is 271 g/mol. The first-order valence-electron chi connectivity index (χ1n) is 6.52. The van der Waals surface area contributed by atoms with E-state index < -0.39 is 5.97 Å². The largest absolute Gasteiger partial charge is 0.464 e. The second kappa shape index (κ2) is 6.70. The average molecular weight is 271 g/mol. The van der Waals surface area contributed by atoms with E-state index in [2.05, 4.69) is 0 Å². The summed E-state index contributed by atoms with van der Waals surface area (Å²) >= 11 is 0. The predicted molar refractivity (Wildman–Crippen MR) is 76.5 cm³/mol. The molecule has 1 aromatic heterocycles. The molecule has 0 spiro atoms. The van der Waals surface area contributed by atoms with Crippen LogP contribution in [0, 0.1) is 6.92 Å². The molecule has 2 aromatic rings. The van der Waals surface area contributed by atoms with Gasteiger partial charge in [-0.15, -0.1) is 0 Å². The Labute approximate surface area is 117 Å². The van der Waals surface area contributed by atoms with Crippen LogP contribution in [-0.4, -0.2) is 17.1 Å². The molecular formula is C16H17NO3. The number of benzene rings is 1. The molecule has 0 amide bonds. The number of nitrogens with zero attached hydrogens (tertiary/aromatic N) is 1. The molecule has 0 aliphatic carbocycles. The Hall–Kier alpha value is -2.36. The number of pyridine rings is 1. The molecule has 0 saturated heterocycles. The molecule has 0 aliphatic heterocycles. The van der Waals surface area contributed by atoms with E-state index in [0.29, 0.717) is 18.6 Å². The van der Waals surface area contributed by atoms with Crippen molar-refractivity contribution in [3.05, 3.63) is 70.1 Å². The van der Waals surface area contributed by atoms with Crippen LogP contribution in [0.5, 0.6) is 0 Å². The number of rotatable bonds is 5. The maximum absolute atomic E-state index is 11.8. The molecule has 0 saturated carbocycles. The maximum Gasteiger partial charge on any atom is 0.326 e. The quantitative estimate of drug-likeness (QED) is 0.781. The molecule has 20 heavy (non-hydrogen) atoms. The van der Waals surface area contributed by atoms with Crippen LogP contribution in [0.4, 0.5) is 0 Å². The fraction of sp³-hybridized carbons (Fsp3) is 0.250. The van der Waals surface area contributed by atoms with Crippen LogP contribution in [0.2, 0.25) is 0 Å². The Balaban J connectivity index is 1.84. The smallest absolute Gasteiger partial charge is 0.326 e. The van der Waals surface area contributed by atoms with Crippen molar-refractivity contribution < 1.29 is 9.53 Å². The summed E-state index contributed by atoms with van der Waals surface area (Å²) < 4.78 is 6.51. The van der Waals surface area contributed by atoms with Gasteiger partial charge in [0.05, 0.1) is 6.61 Å². The molecular weight excluding hydrogens is 254 g/mol. The number of ether oxygens (including phenoxy) is 1. The highest BCUT2D eigenvalue weighted by Gasteiger charge is 2.06. The van der Waals surface area contributed by atoms with Crippen LogP contribution in [0.25, 0.3) is 0 Å². The molecule has 0 atom stereocenters. The van der Waals surface area contributed by atoms with Gasteiger partial charge in [0.2, 0.25) is 0 Å². The van der Waals surface area contributed by atoms with Gasteiger partial charge in [-0.2, -0.15) is 0 Å². The van der Waals surface area contributed by atoms with Gasteiger partial charge in [-0.05, 0) is 18.6 Å². The highest BCUT2D eigenvalue weighted by atomic mass is 16.5. The second-order valence-electron chi connectivity index (χ2n) is 4.58. The normalized spacial score (nSPS) is 10.2. The number of aryl methyl sites for hydroxylation is 1. The van der Waals surface area contributed by atoms with Crippen LogP contribution in [0.15, 0.2) is 53.5 Å². The van der Waals surface area contributed by atoms with Crippen LogP contribution in [-0.2, 0) is 22.5 Å². The molecule has 104 valence electrons. The van der Waals surface area contributed by atoms with Gasteiger partial charge in [0.1, 0.15) is 6.54 Å². The molecule has 0 radical (unpaired) electrons. The van der Waals surface area contributed by atoms with Gasteiger partial charge in [0, 0.05) is 18.2 Å². The van der Waals surface area contributed by atoms with Gasteiger partial charge in [-0.1, -0.05) is 36.4 Å². The van der Waals surface area contributed by atoms with E-state index in [1.165, 1.54) is 4.57 Å². The zero-order valence-electron chi connectivity index (χ0n) is 11.4. The molecule has 1 heterocycles. The first-order valence-corrected chi connectivity index (χ1v) is 6.52. The molecule has 0 unspecified atom stereocenters. The SMILES string of the molecule is Cc1cccn(CC(=O)OCCc2ccccc2)c1=O. The molecule has 0 N–H and O–H groups in total. The standard InChI is InChI=1S/C16H17NO3/c1-13-6-5-10-17(16(13)19)12-15(18)20-11-9-14-7-3-2-4-8-14/h2-8,10H,9,11-12H2,1H3. The lowest BCUT2D eigenvalue weighted by Crippen LogP contribution is -2.26. The van der Waals surface area contributed by atoms with E-state index in [1.54, 1.807) is 25.3 Å². The second-order valence-corrected chi connectivity index (χ2v) is 4.58. The minimum Gasteiger partial charge on any atom is -0.464 e. The van der Waals surface area contributed by atoms with E-state index in [0.717, 1.165) is 5.56 Å². The minimum atomic E-state index is -0.395. The van der Waals surface area contributed by atoms with Crippen molar-refractivity contribution in [2.45, 2.75) is 19.9 Å². The number of carbonyl (C=O) groups excluding carboxylic acids is 1. The van der Waals surface area contributed by atoms with Crippen LogP contribution >= 0.6 is 0 Å². The lowest BCUT2D eigenvalue weighted by Gasteiger charge is -2.07. The summed E-state index contributed by atoms with van der Waals surface area (Å²) in [6, 6.07) is 13.3. The highest BCUT2D eigenvalue weighted by molar-refractivity contribution is 5.69. The van der Waals surface area contributed by atoms with Crippen molar-refractivity contribution in [3.8, 4) is 0 Å². The molecule has 0 bridgehead atoms. The third-order valence-corrected chi connectivity index (χ3v) is 3.01. The Morgan fingerprint density at radius 3 is 2.65 bits per heavy atom. The van der Waals surface area contributed by atoms with Crippen LogP contribution in [0.3, 0.4) is 0 Å². The van der Waals surface area contributed by atoms with Crippen molar-refractivity contribution >= 4 is 5.97 Å². The van der Waals surface area contributed by atoms with Gasteiger partial charge < -0.3 is 9.30 Å². The molecule has 4 nitrogen and oxygen atoms in total. The molecule has 4 heteroatoms.